The average Bonchev–Trinajstić information content (AvgIpc) is 3.12. The largest absolute Gasteiger partial charge is 0.309 e. The smallest absolute Gasteiger partial charge is 0.228 e. The van der Waals surface area contributed by atoms with E-state index in [-0.39, 0.29) is 24.1 Å². The molecule has 0 saturated carbocycles. The molecule has 1 amide bonds. The Kier molecular flexibility index (Phi) is 4.06. The van der Waals surface area contributed by atoms with Gasteiger partial charge in [0.15, 0.2) is 9.84 Å². The van der Waals surface area contributed by atoms with Crippen LogP contribution in [0.5, 0.6) is 0 Å². The van der Waals surface area contributed by atoms with E-state index in [0.29, 0.717) is 4.21 Å². The summed E-state index contributed by atoms with van der Waals surface area (Å²) in [5.41, 5.74) is 2.05. The zero-order chi connectivity index (χ0) is 15.7. The fourth-order valence-electron chi connectivity index (χ4n) is 2.83. The molecule has 1 aromatic carbocycles. The van der Waals surface area contributed by atoms with Crippen LogP contribution in [0.25, 0.3) is 0 Å². The van der Waals surface area contributed by atoms with Gasteiger partial charge in [0.05, 0.1) is 5.75 Å². The van der Waals surface area contributed by atoms with Crippen molar-refractivity contribution in [2.75, 3.05) is 10.7 Å². The van der Waals surface area contributed by atoms with Gasteiger partial charge in [-0.15, -0.1) is 11.3 Å². The minimum Gasteiger partial charge on any atom is -0.309 e. The van der Waals surface area contributed by atoms with Gasteiger partial charge in [-0.2, -0.15) is 0 Å². The van der Waals surface area contributed by atoms with Gasteiger partial charge in [0.1, 0.15) is 4.21 Å². The summed E-state index contributed by atoms with van der Waals surface area (Å²) in [6.45, 7) is 1.99. The van der Waals surface area contributed by atoms with Crippen LogP contribution in [0, 0.1) is 0 Å². The van der Waals surface area contributed by atoms with Crippen molar-refractivity contribution < 1.29 is 13.2 Å². The Morgan fingerprint density at radius 3 is 2.77 bits per heavy atom. The number of hydrogen-bond donors (Lipinski definition) is 0. The molecule has 2 aromatic rings. The number of nitrogens with zero attached hydrogens (tertiary/aromatic N) is 1. The Bertz CT molecular complexity index is 781. The molecule has 2 heterocycles. The maximum absolute atomic E-state index is 12.5. The van der Waals surface area contributed by atoms with Gasteiger partial charge in [0, 0.05) is 18.2 Å². The average molecular weight is 335 g/mol. The van der Waals surface area contributed by atoms with E-state index >= 15 is 0 Å². The lowest BCUT2D eigenvalue weighted by Gasteiger charge is -2.22. The number of para-hydroxylation sites is 1. The first-order valence-electron chi connectivity index (χ1n) is 7.15. The lowest BCUT2D eigenvalue weighted by atomic mass is 10.1. The molecule has 116 valence electrons. The predicted octanol–water partition coefficient (Wildman–Crippen LogP) is 2.89. The molecule has 0 radical (unpaired) electrons. The Labute approximate surface area is 134 Å². The second-order valence-corrected chi connectivity index (χ2v) is 8.73. The van der Waals surface area contributed by atoms with Gasteiger partial charge >= 0.3 is 0 Å². The van der Waals surface area contributed by atoms with Crippen molar-refractivity contribution in [3.05, 3.63) is 47.3 Å². The summed E-state index contributed by atoms with van der Waals surface area (Å²) in [5.74, 6) is -0.268. The highest BCUT2D eigenvalue weighted by atomic mass is 32.2. The summed E-state index contributed by atoms with van der Waals surface area (Å²) in [5, 5.41) is 1.73. The Morgan fingerprint density at radius 2 is 2.05 bits per heavy atom. The van der Waals surface area contributed by atoms with E-state index in [0.717, 1.165) is 17.7 Å². The number of carbonyl (C=O) groups excluding carboxylic acids is 1. The minimum atomic E-state index is -3.37. The van der Waals surface area contributed by atoms with E-state index in [1.165, 1.54) is 11.3 Å². The highest BCUT2D eigenvalue weighted by molar-refractivity contribution is 7.93. The molecular weight excluding hydrogens is 318 g/mol. The first-order chi connectivity index (χ1) is 10.5. The lowest BCUT2D eigenvalue weighted by Crippen LogP contribution is -2.36. The Hall–Kier alpha value is -1.66. The van der Waals surface area contributed by atoms with Crippen molar-refractivity contribution in [3.8, 4) is 0 Å². The van der Waals surface area contributed by atoms with E-state index in [4.69, 9.17) is 0 Å². The van der Waals surface area contributed by atoms with E-state index in [2.05, 4.69) is 0 Å². The SMILES string of the molecule is C[C@@H]1Cc2ccccc2N1C(=O)CCS(=O)(=O)c1cccs1. The molecule has 0 fully saturated rings. The summed E-state index contributed by atoms with van der Waals surface area (Å²) < 4.78 is 24.7. The zero-order valence-electron chi connectivity index (χ0n) is 12.2. The molecule has 0 N–H and O–H groups in total. The normalized spacial score (nSPS) is 17.5. The fourth-order valence-corrected chi connectivity index (χ4v) is 5.21. The highest BCUT2D eigenvalue weighted by Crippen LogP contribution is 2.32. The maximum atomic E-state index is 12.5. The summed E-state index contributed by atoms with van der Waals surface area (Å²) in [4.78, 5) is 14.2. The number of benzene rings is 1. The number of hydrogen-bond acceptors (Lipinski definition) is 4. The standard InChI is InChI=1S/C16H17NO3S2/c1-12-11-13-5-2-3-6-14(13)17(12)15(18)8-10-22(19,20)16-7-4-9-21-16/h2-7,9,12H,8,10-11H2,1H3/t12-/m1/s1. The molecule has 4 nitrogen and oxygen atoms in total. The third-order valence-corrected chi connectivity index (χ3v) is 7.06. The molecule has 3 rings (SSSR count). The van der Waals surface area contributed by atoms with Gasteiger partial charge in [0.2, 0.25) is 5.91 Å². The minimum absolute atomic E-state index is 0.0128. The molecule has 0 unspecified atom stereocenters. The Morgan fingerprint density at radius 1 is 1.27 bits per heavy atom. The van der Waals surface area contributed by atoms with Crippen LogP contribution in [-0.2, 0) is 21.1 Å². The monoisotopic (exact) mass is 335 g/mol. The quantitative estimate of drug-likeness (QED) is 0.863. The fraction of sp³-hybridized carbons (Fsp3) is 0.312. The van der Waals surface area contributed by atoms with Crippen LogP contribution in [0.15, 0.2) is 46.0 Å². The van der Waals surface area contributed by atoms with Gasteiger partial charge in [-0.25, -0.2) is 8.42 Å². The van der Waals surface area contributed by atoms with Crippen LogP contribution in [0.3, 0.4) is 0 Å². The van der Waals surface area contributed by atoms with Crippen LogP contribution in [0.4, 0.5) is 5.69 Å². The zero-order valence-corrected chi connectivity index (χ0v) is 13.9. The van der Waals surface area contributed by atoms with E-state index in [1.807, 2.05) is 31.2 Å². The Balaban J connectivity index is 1.73. The van der Waals surface area contributed by atoms with Gasteiger partial charge in [-0.3, -0.25) is 4.79 Å². The van der Waals surface area contributed by atoms with E-state index in [1.54, 1.807) is 22.4 Å². The van der Waals surface area contributed by atoms with E-state index < -0.39 is 9.84 Å². The number of anilines is 1. The highest BCUT2D eigenvalue weighted by Gasteiger charge is 2.31. The lowest BCUT2D eigenvalue weighted by molar-refractivity contribution is -0.118. The second kappa shape index (κ2) is 5.85. The molecule has 0 spiro atoms. The molecule has 6 heteroatoms. The summed E-state index contributed by atoms with van der Waals surface area (Å²) in [6, 6.07) is 11.2. The van der Waals surface area contributed by atoms with Gasteiger partial charge < -0.3 is 4.90 Å². The second-order valence-electron chi connectivity index (χ2n) is 5.45. The van der Waals surface area contributed by atoms with E-state index in [9.17, 15) is 13.2 Å². The van der Waals surface area contributed by atoms with Crippen molar-refractivity contribution in [2.24, 2.45) is 0 Å². The van der Waals surface area contributed by atoms with Gasteiger partial charge in [-0.1, -0.05) is 24.3 Å². The first-order valence-corrected chi connectivity index (χ1v) is 9.68. The van der Waals surface area contributed by atoms with Crippen LogP contribution in [-0.4, -0.2) is 26.1 Å². The summed E-state index contributed by atoms with van der Waals surface area (Å²) in [7, 11) is -3.37. The number of fused-ring (bicyclic) bond motifs is 1. The molecule has 0 aliphatic carbocycles. The van der Waals surface area contributed by atoms with Crippen LogP contribution in [0.1, 0.15) is 18.9 Å². The van der Waals surface area contributed by atoms with Crippen molar-refractivity contribution in [1.29, 1.82) is 0 Å². The van der Waals surface area contributed by atoms with Crippen LogP contribution in [0.2, 0.25) is 0 Å². The van der Waals surface area contributed by atoms with Crippen molar-refractivity contribution >= 4 is 32.8 Å². The molecule has 1 aromatic heterocycles. The molecule has 0 saturated heterocycles. The molecule has 1 atom stereocenters. The van der Waals surface area contributed by atoms with Gasteiger partial charge in [0.25, 0.3) is 0 Å². The topological polar surface area (TPSA) is 54.5 Å². The third-order valence-electron chi connectivity index (χ3n) is 3.86. The molecule has 1 aliphatic heterocycles. The number of sulfone groups is 1. The summed E-state index contributed by atoms with van der Waals surface area (Å²) >= 11 is 1.19. The molecule has 1 aliphatic rings. The number of rotatable bonds is 4. The van der Waals surface area contributed by atoms with Crippen molar-refractivity contribution in [1.82, 2.24) is 0 Å². The summed E-state index contributed by atoms with van der Waals surface area (Å²) in [6.07, 6.45) is 0.832. The number of carbonyl (C=O) groups is 1. The predicted molar refractivity (Wildman–Crippen MR) is 88.1 cm³/mol. The molecule has 0 bridgehead atoms. The number of amides is 1. The maximum Gasteiger partial charge on any atom is 0.228 e. The number of thiophene rings is 1. The third kappa shape index (κ3) is 2.80. The van der Waals surface area contributed by atoms with Crippen molar-refractivity contribution in [2.45, 2.75) is 30.0 Å². The van der Waals surface area contributed by atoms with Crippen LogP contribution >= 0.6 is 11.3 Å². The molecular formula is C16H17NO3S2. The molecule has 22 heavy (non-hydrogen) atoms. The van der Waals surface area contributed by atoms with Crippen molar-refractivity contribution in [3.63, 3.8) is 0 Å². The van der Waals surface area contributed by atoms with Crippen LogP contribution < -0.4 is 4.90 Å². The first kappa shape index (κ1) is 15.2. The van der Waals surface area contributed by atoms with Gasteiger partial charge in [-0.05, 0) is 36.4 Å².